The summed E-state index contributed by atoms with van der Waals surface area (Å²) >= 11 is 5.70. The molecule has 0 radical (unpaired) electrons. The van der Waals surface area contributed by atoms with Crippen LogP contribution in [0.1, 0.15) is 5.56 Å². The molecule has 1 unspecified atom stereocenters. The number of rotatable bonds is 1. The number of carboxylic acid groups (broad SMARTS) is 1. The standard InChI is InChI=1S/C11H8ClF3N2O2/c1-17-8(11(13,14)15)7(10(18)19)3-5-2-6(12)4-16-9(5)17/h2-4,8H,1H3,(H,18,19). The SMILES string of the molecule is CN1c2ncc(Cl)cc2C=C(C(=O)O)C1C(F)(F)F. The Morgan fingerprint density at radius 3 is 2.68 bits per heavy atom. The summed E-state index contributed by atoms with van der Waals surface area (Å²) < 4.78 is 38.9. The molecule has 8 heteroatoms. The fourth-order valence-electron chi connectivity index (χ4n) is 2.00. The van der Waals surface area contributed by atoms with E-state index in [4.69, 9.17) is 16.7 Å². The molecule has 4 nitrogen and oxygen atoms in total. The van der Waals surface area contributed by atoms with Gasteiger partial charge in [0.05, 0.1) is 10.6 Å². The second-order valence-corrected chi connectivity index (χ2v) is 4.46. The first-order valence-electron chi connectivity index (χ1n) is 5.12. The summed E-state index contributed by atoms with van der Waals surface area (Å²) in [4.78, 5) is 15.6. The summed E-state index contributed by atoms with van der Waals surface area (Å²) in [6.45, 7) is 0. The van der Waals surface area contributed by atoms with Gasteiger partial charge in [0.1, 0.15) is 5.82 Å². The van der Waals surface area contributed by atoms with Crippen molar-refractivity contribution >= 4 is 29.5 Å². The van der Waals surface area contributed by atoms with Gasteiger partial charge in [-0.1, -0.05) is 11.6 Å². The zero-order chi connectivity index (χ0) is 14.4. The molecule has 0 bridgehead atoms. The van der Waals surface area contributed by atoms with Crippen LogP contribution in [0.5, 0.6) is 0 Å². The molecule has 0 saturated carbocycles. The Morgan fingerprint density at radius 1 is 1.53 bits per heavy atom. The van der Waals surface area contributed by atoms with Gasteiger partial charge in [0.2, 0.25) is 0 Å². The van der Waals surface area contributed by atoms with Crippen LogP contribution in [0.3, 0.4) is 0 Å². The van der Waals surface area contributed by atoms with Crippen LogP contribution < -0.4 is 4.90 Å². The minimum Gasteiger partial charge on any atom is -0.478 e. The third-order valence-electron chi connectivity index (χ3n) is 2.75. The van der Waals surface area contributed by atoms with Gasteiger partial charge in [-0.15, -0.1) is 0 Å². The average molecular weight is 293 g/mol. The number of pyridine rings is 1. The van der Waals surface area contributed by atoms with Crippen molar-refractivity contribution in [3.63, 3.8) is 0 Å². The summed E-state index contributed by atoms with van der Waals surface area (Å²) in [5.41, 5.74) is -0.514. The minimum atomic E-state index is -4.71. The first-order chi connectivity index (χ1) is 8.71. The molecule has 1 aromatic heterocycles. The molecular weight excluding hydrogens is 285 g/mol. The lowest BCUT2D eigenvalue weighted by Crippen LogP contribution is -2.48. The van der Waals surface area contributed by atoms with Crippen LogP contribution in [-0.4, -0.2) is 35.3 Å². The fourth-order valence-corrected chi connectivity index (χ4v) is 2.17. The van der Waals surface area contributed by atoms with Crippen molar-refractivity contribution in [1.29, 1.82) is 0 Å². The highest BCUT2D eigenvalue weighted by molar-refractivity contribution is 6.30. The maximum atomic E-state index is 13.0. The number of hydrogen-bond donors (Lipinski definition) is 1. The van der Waals surface area contributed by atoms with Gasteiger partial charge in [-0.25, -0.2) is 9.78 Å². The predicted octanol–water partition coefficient (Wildman–Crippen LogP) is 2.58. The Balaban J connectivity index is 2.64. The first-order valence-corrected chi connectivity index (χ1v) is 5.49. The van der Waals surface area contributed by atoms with E-state index >= 15 is 0 Å². The van der Waals surface area contributed by atoms with Crippen LogP contribution in [0, 0.1) is 0 Å². The first kappa shape index (κ1) is 13.7. The Kier molecular flexibility index (Phi) is 3.17. The number of halogens is 4. The lowest BCUT2D eigenvalue weighted by atomic mass is 9.97. The number of anilines is 1. The normalized spacial score (nSPS) is 18.9. The summed E-state index contributed by atoms with van der Waals surface area (Å²) in [7, 11) is 1.15. The zero-order valence-corrected chi connectivity index (χ0v) is 10.3. The molecule has 1 atom stereocenters. The quantitative estimate of drug-likeness (QED) is 0.864. The van der Waals surface area contributed by atoms with Crippen LogP contribution in [0.25, 0.3) is 6.08 Å². The van der Waals surface area contributed by atoms with Gasteiger partial charge in [-0.3, -0.25) is 0 Å². The summed E-state index contributed by atoms with van der Waals surface area (Å²) in [5, 5.41) is 9.16. The van der Waals surface area contributed by atoms with Crippen molar-refractivity contribution in [1.82, 2.24) is 4.98 Å². The van der Waals surface area contributed by atoms with E-state index in [9.17, 15) is 18.0 Å². The molecule has 1 aliphatic heterocycles. The van der Waals surface area contributed by atoms with Crippen molar-refractivity contribution in [3.05, 3.63) is 28.4 Å². The Hall–Kier alpha value is -1.76. The smallest absolute Gasteiger partial charge is 0.413 e. The molecule has 102 valence electrons. The van der Waals surface area contributed by atoms with Crippen LogP contribution in [-0.2, 0) is 4.79 Å². The van der Waals surface area contributed by atoms with E-state index < -0.39 is 23.8 Å². The maximum absolute atomic E-state index is 13.0. The number of aliphatic carboxylic acids is 1. The third kappa shape index (κ3) is 2.37. The van der Waals surface area contributed by atoms with E-state index in [0.29, 0.717) is 0 Å². The second-order valence-electron chi connectivity index (χ2n) is 4.03. The van der Waals surface area contributed by atoms with Gasteiger partial charge in [-0.05, 0) is 12.1 Å². The van der Waals surface area contributed by atoms with Gasteiger partial charge < -0.3 is 10.0 Å². The second kappa shape index (κ2) is 4.41. The highest BCUT2D eigenvalue weighted by atomic mass is 35.5. The van der Waals surface area contributed by atoms with Crippen LogP contribution in [0.4, 0.5) is 19.0 Å². The molecule has 0 aliphatic carbocycles. The number of aromatic nitrogens is 1. The summed E-state index contributed by atoms with van der Waals surface area (Å²) in [6, 6.07) is -0.859. The number of hydrogen-bond acceptors (Lipinski definition) is 3. The van der Waals surface area contributed by atoms with Crippen molar-refractivity contribution in [2.24, 2.45) is 0 Å². The van der Waals surface area contributed by atoms with Gasteiger partial charge in [-0.2, -0.15) is 13.2 Å². The molecule has 2 rings (SSSR count). The number of carboxylic acids is 1. The Bertz CT molecular complexity index is 572. The van der Waals surface area contributed by atoms with Crippen molar-refractivity contribution in [3.8, 4) is 0 Å². The highest BCUT2D eigenvalue weighted by Crippen LogP contribution is 2.38. The van der Waals surface area contributed by atoms with Crippen molar-refractivity contribution < 1.29 is 23.1 Å². The molecule has 1 N–H and O–H groups in total. The van der Waals surface area contributed by atoms with E-state index in [1.54, 1.807) is 0 Å². The molecule has 1 aromatic rings. The summed E-state index contributed by atoms with van der Waals surface area (Å²) in [6.07, 6.45) is -2.55. The Morgan fingerprint density at radius 2 is 2.16 bits per heavy atom. The number of fused-ring (bicyclic) bond motifs is 1. The fraction of sp³-hybridized carbons (Fsp3) is 0.273. The molecule has 0 fully saturated rings. The Labute approximate surface area is 111 Å². The molecule has 1 aliphatic rings. The summed E-state index contributed by atoms with van der Waals surface area (Å²) in [5.74, 6) is -1.59. The number of nitrogens with zero attached hydrogens (tertiary/aromatic N) is 2. The molecule has 0 amide bonds. The number of alkyl halides is 3. The molecule has 19 heavy (non-hydrogen) atoms. The van der Waals surface area contributed by atoms with Crippen LogP contribution in [0.15, 0.2) is 17.8 Å². The molecule has 0 aromatic carbocycles. The largest absolute Gasteiger partial charge is 0.478 e. The van der Waals surface area contributed by atoms with E-state index in [1.165, 1.54) is 12.3 Å². The maximum Gasteiger partial charge on any atom is 0.413 e. The van der Waals surface area contributed by atoms with Crippen LogP contribution >= 0.6 is 11.6 Å². The van der Waals surface area contributed by atoms with E-state index in [2.05, 4.69) is 4.98 Å². The van der Waals surface area contributed by atoms with E-state index in [1.807, 2.05) is 0 Å². The van der Waals surface area contributed by atoms with Gasteiger partial charge in [0.25, 0.3) is 0 Å². The topological polar surface area (TPSA) is 53.4 Å². The van der Waals surface area contributed by atoms with Gasteiger partial charge in [0, 0.05) is 18.8 Å². The predicted molar refractivity (Wildman–Crippen MR) is 63.1 cm³/mol. The minimum absolute atomic E-state index is 0.0386. The third-order valence-corrected chi connectivity index (χ3v) is 2.95. The average Bonchev–Trinajstić information content (AvgIpc) is 2.25. The number of likely N-dealkylation sites (N-methyl/N-ethyl adjacent to an activating group) is 1. The molecule has 0 saturated heterocycles. The van der Waals surface area contributed by atoms with Crippen molar-refractivity contribution in [2.45, 2.75) is 12.2 Å². The molecule has 2 heterocycles. The van der Waals surface area contributed by atoms with Crippen molar-refractivity contribution in [2.75, 3.05) is 11.9 Å². The highest BCUT2D eigenvalue weighted by Gasteiger charge is 2.49. The van der Waals surface area contributed by atoms with Crippen LogP contribution in [0.2, 0.25) is 5.02 Å². The zero-order valence-electron chi connectivity index (χ0n) is 9.57. The monoisotopic (exact) mass is 292 g/mol. The molecular formula is C11H8ClF3N2O2. The van der Waals surface area contributed by atoms with E-state index in [-0.39, 0.29) is 16.4 Å². The van der Waals surface area contributed by atoms with E-state index in [0.717, 1.165) is 18.0 Å². The number of carbonyl (C=O) groups is 1. The lowest BCUT2D eigenvalue weighted by Gasteiger charge is -2.35. The van der Waals surface area contributed by atoms with Gasteiger partial charge >= 0.3 is 12.1 Å². The van der Waals surface area contributed by atoms with Gasteiger partial charge in [0.15, 0.2) is 6.04 Å². The molecule has 0 spiro atoms. The lowest BCUT2D eigenvalue weighted by molar-refractivity contribution is -0.150.